The second kappa shape index (κ2) is 9.53. The monoisotopic (exact) mass is 538 g/mol. The maximum Gasteiger partial charge on any atom is 0.416 e. The van der Waals surface area contributed by atoms with Crippen LogP contribution >= 0.6 is 11.3 Å². The summed E-state index contributed by atoms with van der Waals surface area (Å²) < 4.78 is 54.4. The molecule has 1 atom stereocenters. The molecule has 0 aliphatic carbocycles. The predicted octanol–water partition coefficient (Wildman–Crippen LogP) is 7.06. The number of aliphatic hydroxyl groups is 1. The van der Waals surface area contributed by atoms with E-state index >= 15 is 4.39 Å². The van der Waals surface area contributed by atoms with Gasteiger partial charge in [0.05, 0.1) is 27.7 Å². The highest BCUT2D eigenvalue weighted by Crippen LogP contribution is 2.44. The zero-order valence-corrected chi connectivity index (χ0v) is 20.5. The molecule has 5 rings (SSSR count). The molecule has 0 fully saturated rings. The van der Waals surface area contributed by atoms with Gasteiger partial charge in [0, 0.05) is 16.8 Å². The molecule has 1 amide bonds. The molecule has 0 saturated carbocycles. The molecule has 0 spiro atoms. The lowest BCUT2D eigenvalue weighted by molar-refractivity contribution is -0.137. The normalized spacial score (nSPS) is 15.9. The Morgan fingerprint density at radius 1 is 0.974 bits per heavy atom. The topological polar surface area (TPSA) is 70.5 Å². The number of halogens is 4. The fraction of sp³-hybridized carbons (Fsp3) is 0.107. The Labute approximate surface area is 218 Å². The van der Waals surface area contributed by atoms with Gasteiger partial charge in [-0.25, -0.2) is 9.37 Å². The lowest BCUT2D eigenvalue weighted by Gasteiger charge is -2.27. The largest absolute Gasteiger partial charge is 0.503 e. The van der Waals surface area contributed by atoms with E-state index in [4.69, 9.17) is 0 Å². The van der Waals surface area contributed by atoms with Crippen LogP contribution in [0.1, 0.15) is 32.5 Å². The van der Waals surface area contributed by atoms with Crippen LogP contribution in [0.3, 0.4) is 0 Å². The van der Waals surface area contributed by atoms with Crippen LogP contribution in [0.5, 0.6) is 0 Å². The highest BCUT2D eigenvalue weighted by Gasteiger charge is 2.46. The van der Waals surface area contributed by atoms with E-state index in [9.17, 15) is 27.9 Å². The molecule has 1 aliphatic rings. The van der Waals surface area contributed by atoms with Gasteiger partial charge in [-0.05, 0) is 37.3 Å². The first-order valence-electron chi connectivity index (χ1n) is 11.3. The standard InChI is InChI=1S/C28H18F4N2O3S/c1-15-25(38-26(33-15)16-7-3-2-4-8-16)23(35)21-22(19-9-5-6-10-20(19)29)34(27(37)24(21)36)18-13-11-17(12-14-18)28(30,31)32/h2-14,22,36H,1H3. The molecular weight excluding hydrogens is 520 g/mol. The van der Waals surface area contributed by atoms with Gasteiger partial charge in [0.2, 0.25) is 5.78 Å². The molecule has 5 nitrogen and oxygen atoms in total. The minimum Gasteiger partial charge on any atom is -0.503 e. The van der Waals surface area contributed by atoms with Crippen LogP contribution < -0.4 is 4.90 Å². The summed E-state index contributed by atoms with van der Waals surface area (Å²) in [5.41, 5.74) is -0.358. The summed E-state index contributed by atoms with van der Waals surface area (Å²) in [6.45, 7) is 1.61. The molecule has 38 heavy (non-hydrogen) atoms. The number of amides is 1. The fourth-order valence-corrected chi connectivity index (χ4v) is 5.37. The van der Waals surface area contributed by atoms with E-state index in [0.29, 0.717) is 10.7 Å². The highest BCUT2D eigenvalue weighted by molar-refractivity contribution is 7.17. The van der Waals surface area contributed by atoms with Gasteiger partial charge in [0.15, 0.2) is 5.76 Å². The summed E-state index contributed by atoms with van der Waals surface area (Å²) in [7, 11) is 0. The van der Waals surface area contributed by atoms with E-state index in [1.165, 1.54) is 18.2 Å². The summed E-state index contributed by atoms with van der Waals surface area (Å²) in [6.07, 6.45) is -4.61. The molecule has 1 aromatic heterocycles. The van der Waals surface area contributed by atoms with Gasteiger partial charge in [-0.3, -0.25) is 14.5 Å². The number of nitrogens with zero attached hydrogens (tertiary/aromatic N) is 2. The van der Waals surface area contributed by atoms with Crippen LogP contribution in [0, 0.1) is 12.7 Å². The second-order valence-electron chi connectivity index (χ2n) is 8.53. The van der Waals surface area contributed by atoms with Crippen molar-refractivity contribution in [3.05, 3.63) is 118 Å². The summed E-state index contributed by atoms with van der Waals surface area (Å²) in [4.78, 5) is 32.6. The predicted molar refractivity (Wildman–Crippen MR) is 134 cm³/mol. The number of aromatic nitrogens is 1. The smallest absolute Gasteiger partial charge is 0.416 e. The van der Waals surface area contributed by atoms with Crippen LogP contribution in [0.2, 0.25) is 0 Å². The van der Waals surface area contributed by atoms with Gasteiger partial charge in [-0.1, -0.05) is 48.5 Å². The molecule has 192 valence electrons. The summed E-state index contributed by atoms with van der Waals surface area (Å²) in [6, 6.07) is 16.7. The first kappa shape index (κ1) is 25.3. The van der Waals surface area contributed by atoms with E-state index in [1.807, 2.05) is 30.3 Å². The molecular formula is C28H18F4N2O3S. The van der Waals surface area contributed by atoms with Crippen LogP contribution in [-0.2, 0) is 11.0 Å². The fourth-order valence-electron chi connectivity index (χ4n) is 4.34. The number of Topliss-reactive ketones (excluding diaryl/α,β-unsaturated/α-hetero) is 1. The molecule has 1 unspecified atom stereocenters. The summed E-state index contributed by atoms with van der Waals surface area (Å²) in [5.74, 6) is -3.42. The summed E-state index contributed by atoms with van der Waals surface area (Å²) in [5, 5.41) is 11.4. The third kappa shape index (κ3) is 4.37. The quantitative estimate of drug-likeness (QED) is 0.218. The lowest BCUT2D eigenvalue weighted by atomic mass is 9.94. The molecule has 1 aliphatic heterocycles. The first-order valence-corrected chi connectivity index (χ1v) is 12.2. The molecule has 2 heterocycles. The molecule has 4 aromatic rings. The number of alkyl halides is 3. The second-order valence-corrected chi connectivity index (χ2v) is 9.53. The average Bonchev–Trinajstić information content (AvgIpc) is 3.41. The number of hydrogen-bond donors (Lipinski definition) is 1. The van der Waals surface area contributed by atoms with Crippen molar-refractivity contribution in [1.82, 2.24) is 4.98 Å². The SMILES string of the molecule is Cc1nc(-c2ccccc2)sc1C(=O)C1=C(O)C(=O)N(c2ccc(C(F)(F)F)cc2)C1c1ccccc1F. The maximum atomic E-state index is 15.0. The minimum absolute atomic E-state index is 0.0448. The molecule has 0 saturated heterocycles. The third-order valence-electron chi connectivity index (χ3n) is 6.15. The van der Waals surface area contributed by atoms with Crippen molar-refractivity contribution in [3.8, 4) is 10.6 Å². The van der Waals surface area contributed by atoms with Crippen LogP contribution in [-0.4, -0.2) is 21.8 Å². The van der Waals surface area contributed by atoms with Crippen LogP contribution in [0.15, 0.2) is 90.2 Å². The van der Waals surface area contributed by atoms with Crippen molar-refractivity contribution < 1.29 is 32.3 Å². The number of ketones is 1. The molecule has 1 N–H and O–H groups in total. The van der Waals surface area contributed by atoms with Gasteiger partial charge >= 0.3 is 6.18 Å². The van der Waals surface area contributed by atoms with E-state index in [0.717, 1.165) is 52.1 Å². The van der Waals surface area contributed by atoms with E-state index in [-0.39, 0.29) is 21.7 Å². The van der Waals surface area contributed by atoms with Crippen molar-refractivity contribution >= 4 is 28.7 Å². The van der Waals surface area contributed by atoms with Gasteiger partial charge < -0.3 is 5.11 Å². The number of aliphatic hydroxyl groups excluding tert-OH is 1. The van der Waals surface area contributed by atoms with Crippen molar-refractivity contribution in [1.29, 1.82) is 0 Å². The number of aryl methyl sites for hydroxylation is 1. The molecule has 10 heteroatoms. The van der Waals surface area contributed by atoms with Gasteiger partial charge in [0.25, 0.3) is 5.91 Å². The maximum absolute atomic E-state index is 15.0. The third-order valence-corrected chi connectivity index (χ3v) is 7.35. The Morgan fingerprint density at radius 2 is 1.61 bits per heavy atom. The Bertz CT molecular complexity index is 1580. The number of hydrogen-bond acceptors (Lipinski definition) is 5. The van der Waals surface area contributed by atoms with Gasteiger partial charge in [-0.2, -0.15) is 13.2 Å². The number of thiazole rings is 1. The van der Waals surface area contributed by atoms with E-state index < -0.39 is 41.0 Å². The average molecular weight is 539 g/mol. The Balaban J connectivity index is 1.63. The van der Waals surface area contributed by atoms with Gasteiger partial charge in [-0.15, -0.1) is 11.3 Å². The highest BCUT2D eigenvalue weighted by atomic mass is 32.1. The Kier molecular flexibility index (Phi) is 6.36. The van der Waals surface area contributed by atoms with Crippen LogP contribution in [0.4, 0.5) is 23.2 Å². The Morgan fingerprint density at radius 3 is 2.24 bits per heavy atom. The van der Waals surface area contributed by atoms with Gasteiger partial charge in [0.1, 0.15) is 10.8 Å². The number of carbonyl (C=O) groups excluding carboxylic acids is 2. The number of carbonyl (C=O) groups is 2. The van der Waals surface area contributed by atoms with Crippen LogP contribution in [0.25, 0.3) is 10.6 Å². The van der Waals surface area contributed by atoms with Crippen molar-refractivity contribution in [2.45, 2.75) is 19.1 Å². The zero-order chi connectivity index (χ0) is 27.2. The van der Waals surface area contributed by atoms with Crippen molar-refractivity contribution in [2.24, 2.45) is 0 Å². The zero-order valence-electron chi connectivity index (χ0n) is 19.7. The molecule has 0 radical (unpaired) electrons. The van der Waals surface area contributed by atoms with E-state index in [2.05, 4.69) is 4.98 Å². The van der Waals surface area contributed by atoms with E-state index in [1.54, 1.807) is 6.92 Å². The van der Waals surface area contributed by atoms with Crippen molar-refractivity contribution in [3.63, 3.8) is 0 Å². The molecule has 0 bridgehead atoms. The summed E-state index contributed by atoms with van der Waals surface area (Å²) >= 11 is 1.06. The number of anilines is 1. The van der Waals surface area contributed by atoms with Crippen molar-refractivity contribution in [2.75, 3.05) is 4.90 Å². The Hall–Kier alpha value is -4.31. The molecule has 3 aromatic carbocycles. The lowest BCUT2D eigenvalue weighted by Crippen LogP contribution is -2.31. The first-order chi connectivity index (χ1) is 18.1. The number of benzene rings is 3. The number of rotatable bonds is 5. The minimum atomic E-state index is -4.61.